The van der Waals surface area contributed by atoms with E-state index in [9.17, 15) is 0 Å². The molecule has 0 fully saturated rings. The first-order valence-corrected chi connectivity index (χ1v) is 4.27. The summed E-state index contributed by atoms with van der Waals surface area (Å²) in [6, 6.07) is 0. The molecule has 12 heavy (non-hydrogen) atoms. The molecule has 0 heterocycles. The van der Waals surface area contributed by atoms with Crippen LogP contribution in [-0.4, -0.2) is 21.7 Å². The SMILES string of the molecule is S=C(S)NCCNC(=S)S.[Mn].[Zn]. The van der Waals surface area contributed by atoms with Gasteiger partial charge in [-0.1, -0.05) is 24.4 Å². The van der Waals surface area contributed by atoms with Gasteiger partial charge in [-0.3, -0.25) is 0 Å². The summed E-state index contributed by atoms with van der Waals surface area (Å²) in [7, 11) is 0. The van der Waals surface area contributed by atoms with E-state index in [1.165, 1.54) is 0 Å². The Balaban J connectivity index is -0.000000405. The number of thiocarbonyl (C=S) groups is 2. The molecule has 0 amide bonds. The Hall–Kier alpha value is 1.62. The molecule has 0 spiro atoms. The van der Waals surface area contributed by atoms with Crippen molar-refractivity contribution >= 4 is 58.3 Å². The predicted molar refractivity (Wildman–Crippen MR) is 59.2 cm³/mol. The average molecular weight is 333 g/mol. The first-order valence-electron chi connectivity index (χ1n) is 2.56. The van der Waals surface area contributed by atoms with E-state index in [4.69, 9.17) is 0 Å². The smallest absolute Gasteiger partial charge is 0.130 e. The van der Waals surface area contributed by atoms with Crippen LogP contribution in [0.15, 0.2) is 0 Å². The van der Waals surface area contributed by atoms with Crippen molar-refractivity contribution in [1.29, 1.82) is 0 Å². The minimum atomic E-state index is 0. The maximum atomic E-state index is 4.65. The van der Waals surface area contributed by atoms with Crippen LogP contribution in [-0.2, 0) is 36.5 Å². The van der Waals surface area contributed by atoms with Crippen LogP contribution in [0.5, 0.6) is 0 Å². The summed E-state index contributed by atoms with van der Waals surface area (Å²) in [5, 5.41) is 5.68. The van der Waals surface area contributed by atoms with Gasteiger partial charge in [-0.05, 0) is 0 Å². The van der Waals surface area contributed by atoms with E-state index in [2.05, 4.69) is 60.3 Å². The molecule has 0 aromatic rings. The third kappa shape index (κ3) is 17.6. The van der Waals surface area contributed by atoms with Gasteiger partial charge in [0.1, 0.15) is 8.64 Å². The molecule has 0 saturated carbocycles. The fourth-order valence-electron chi connectivity index (χ4n) is 0.339. The van der Waals surface area contributed by atoms with Gasteiger partial charge < -0.3 is 10.6 Å². The zero-order chi connectivity index (χ0) is 7.98. The zero-order valence-electron chi connectivity index (χ0n) is 6.21. The van der Waals surface area contributed by atoms with Crippen molar-refractivity contribution in [2.24, 2.45) is 0 Å². The van der Waals surface area contributed by atoms with Crippen molar-refractivity contribution in [2.45, 2.75) is 0 Å². The first-order chi connectivity index (χ1) is 4.63. The molecule has 8 heteroatoms. The van der Waals surface area contributed by atoms with Gasteiger partial charge in [0.15, 0.2) is 0 Å². The van der Waals surface area contributed by atoms with E-state index in [0.717, 1.165) is 0 Å². The molecule has 0 aliphatic rings. The van der Waals surface area contributed by atoms with Crippen LogP contribution in [0.25, 0.3) is 0 Å². The largest absolute Gasteiger partial charge is 0.369 e. The van der Waals surface area contributed by atoms with Gasteiger partial charge in [0.2, 0.25) is 0 Å². The maximum absolute atomic E-state index is 4.65. The van der Waals surface area contributed by atoms with E-state index in [0.29, 0.717) is 21.7 Å². The first kappa shape index (κ1) is 19.2. The van der Waals surface area contributed by atoms with Crippen LogP contribution in [0, 0.1) is 0 Å². The van der Waals surface area contributed by atoms with Gasteiger partial charge in [0, 0.05) is 49.6 Å². The molecular weight excluding hydrogens is 325 g/mol. The molecule has 0 aliphatic carbocycles. The minimum Gasteiger partial charge on any atom is -0.369 e. The quantitative estimate of drug-likeness (QED) is 0.263. The molecule has 0 aromatic heterocycles. The second-order valence-electron chi connectivity index (χ2n) is 1.46. The Morgan fingerprint density at radius 1 is 1.00 bits per heavy atom. The maximum Gasteiger partial charge on any atom is 0.130 e. The van der Waals surface area contributed by atoms with Crippen molar-refractivity contribution in [1.82, 2.24) is 10.6 Å². The normalized spacial score (nSPS) is 7.17. The number of nitrogens with one attached hydrogen (secondary N) is 2. The summed E-state index contributed by atoms with van der Waals surface area (Å²) >= 11 is 17.0. The summed E-state index contributed by atoms with van der Waals surface area (Å²) in [5.41, 5.74) is 0. The van der Waals surface area contributed by atoms with E-state index in [-0.39, 0.29) is 36.5 Å². The van der Waals surface area contributed by atoms with E-state index in [1.807, 2.05) is 0 Å². The predicted octanol–water partition coefficient (Wildman–Crippen LogP) is 0.590. The Bertz CT molecular complexity index is 129. The number of thiol groups is 2. The Kier molecular flexibility index (Phi) is 20.2. The molecule has 2 N–H and O–H groups in total. The van der Waals surface area contributed by atoms with Gasteiger partial charge in [-0.15, -0.1) is 25.3 Å². The molecule has 2 nitrogen and oxygen atoms in total. The van der Waals surface area contributed by atoms with Gasteiger partial charge in [0.25, 0.3) is 0 Å². The molecule has 0 unspecified atom stereocenters. The summed E-state index contributed by atoms with van der Waals surface area (Å²) in [6.45, 7) is 1.42. The number of rotatable bonds is 3. The van der Waals surface area contributed by atoms with E-state index < -0.39 is 0 Å². The molecule has 0 bridgehead atoms. The Labute approximate surface area is 117 Å². The molecular formula is C4H8MnN2S4Zn. The van der Waals surface area contributed by atoms with Crippen LogP contribution in [0.2, 0.25) is 0 Å². The van der Waals surface area contributed by atoms with Crippen LogP contribution < -0.4 is 10.6 Å². The van der Waals surface area contributed by atoms with Crippen molar-refractivity contribution in [2.75, 3.05) is 13.1 Å². The Morgan fingerprint density at radius 2 is 1.25 bits per heavy atom. The molecule has 0 rings (SSSR count). The molecule has 0 atom stereocenters. The van der Waals surface area contributed by atoms with E-state index >= 15 is 0 Å². The fraction of sp³-hybridized carbons (Fsp3) is 0.500. The summed E-state index contributed by atoms with van der Waals surface area (Å²) in [6.07, 6.45) is 0. The second-order valence-corrected chi connectivity index (χ2v) is 3.78. The van der Waals surface area contributed by atoms with Crippen molar-refractivity contribution in [3.05, 3.63) is 0 Å². The van der Waals surface area contributed by atoms with Crippen LogP contribution in [0.3, 0.4) is 0 Å². The fourth-order valence-corrected chi connectivity index (χ4v) is 0.767. The molecule has 1 radical (unpaired) electrons. The molecule has 0 aromatic carbocycles. The average Bonchev–Trinajstić information content (AvgIpc) is 1.79. The van der Waals surface area contributed by atoms with Gasteiger partial charge >= 0.3 is 0 Å². The summed E-state index contributed by atoms with van der Waals surface area (Å²) < 4.78 is 0.985. The van der Waals surface area contributed by atoms with Gasteiger partial charge in [-0.25, -0.2) is 0 Å². The molecule has 67 valence electrons. The minimum absolute atomic E-state index is 0. The van der Waals surface area contributed by atoms with E-state index in [1.54, 1.807) is 0 Å². The summed E-state index contributed by atoms with van der Waals surface area (Å²) in [5.74, 6) is 0. The molecule has 0 aliphatic heterocycles. The zero-order valence-corrected chi connectivity index (χ0v) is 13.8. The standard InChI is InChI=1S/C4H8N2S4.Mn.Zn/c7-3(8)5-1-2-6-4(9)10;;/h1-2H2,(H2,5,7,8)(H2,6,9,10);;. The molecule has 0 saturated heterocycles. The van der Waals surface area contributed by atoms with Crippen LogP contribution in [0.1, 0.15) is 0 Å². The third-order valence-electron chi connectivity index (χ3n) is 0.677. The summed E-state index contributed by atoms with van der Waals surface area (Å²) in [4.78, 5) is 0. The van der Waals surface area contributed by atoms with Crippen LogP contribution in [0.4, 0.5) is 0 Å². The van der Waals surface area contributed by atoms with Gasteiger partial charge in [-0.2, -0.15) is 0 Å². The number of hydrogen-bond acceptors (Lipinski definition) is 2. The van der Waals surface area contributed by atoms with Gasteiger partial charge in [0.05, 0.1) is 0 Å². The monoisotopic (exact) mass is 331 g/mol. The van der Waals surface area contributed by atoms with Crippen LogP contribution >= 0.6 is 49.7 Å². The number of hydrogen-bond donors (Lipinski definition) is 4. The topological polar surface area (TPSA) is 24.1 Å². The Morgan fingerprint density at radius 3 is 1.42 bits per heavy atom. The second kappa shape index (κ2) is 12.6. The van der Waals surface area contributed by atoms with Crippen molar-refractivity contribution in [3.63, 3.8) is 0 Å². The van der Waals surface area contributed by atoms with Crippen molar-refractivity contribution < 1.29 is 36.5 Å². The van der Waals surface area contributed by atoms with Crippen molar-refractivity contribution in [3.8, 4) is 0 Å². The third-order valence-corrected chi connectivity index (χ3v) is 1.28.